The first-order valence-corrected chi connectivity index (χ1v) is 8.95. The van der Waals surface area contributed by atoms with E-state index in [0.717, 1.165) is 5.56 Å². The van der Waals surface area contributed by atoms with Gasteiger partial charge in [-0.15, -0.1) is 4.40 Å². The van der Waals surface area contributed by atoms with Gasteiger partial charge in [0.2, 0.25) is 0 Å². The molecule has 2 aromatic rings. The van der Waals surface area contributed by atoms with Gasteiger partial charge >= 0.3 is 0 Å². The number of benzene rings is 2. The third-order valence-electron chi connectivity index (χ3n) is 3.39. The zero-order valence-electron chi connectivity index (χ0n) is 12.5. The second kappa shape index (κ2) is 6.72. The minimum Gasteiger partial charge on any atom is -0.394 e. The number of hydrazone groups is 1. The molecule has 24 heavy (non-hydrogen) atoms. The van der Waals surface area contributed by atoms with Gasteiger partial charge in [0.25, 0.3) is 10.0 Å². The van der Waals surface area contributed by atoms with Crippen LogP contribution < -0.4 is 0 Å². The van der Waals surface area contributed by atoms with Crippen LogP contribution in [0, 0.1) is 0 Å². The van der Waals surface area contributed by atoms with Crippen LogP contribution in [-0.4, -0.2) is 43.7 Å². The summed E-state index contributed by atoms with van der Waals surface area (Å²) < 4.78 is 28.1. The van der Waals surface area contributed by atoms with E-state index in [0.29, 0.717) is 10.6 Å². The molecule has 0 amide bonds. The standard InChI is InChI=1S/C16H14ClN3O3S/c17-13-7-5-12(6-8-13)11-18-20(9-10-21)16-14-3-1-2-4-15(14)24(22,23)19-16/h1-8,11,21H,9-10H2/b18-11+. The summed E-state index contributed by atoms with van der Waals surface area (Å²) in [5.41, 5.74) is 1.26. The van der Waals surface area contributed by atoms with E-state index in [1.54, 1.807) is 48.7 Å². The van der Waals surface area contributed by atoms with Crippen molar-refractivity contribution in [2.45, 2.75) is 4.90 Å². The van der Waals surface area contributed by atoms with Crippen LogP contribution in [0.3, 0.4) is 0 Å². The van der Waals surface area contributed by atoms with E-state index in [1.807, 2.05) is 0 Å². The van der Waals surface area contributed by atoms with Crippen LogP contribution in [0.2, 0.25) is 5.02 Å². The number of fused-ring (bicyclic) bond motifs is 1. The van der Waals surface area contributed by atoms with E-state index in [-0.39, 0.29) is 23.9 Å². The Kier molecular flexibility index (Phi) is 4.66. The van der Waals surface area contributed by atoms with Gasteiger partial charge in [-0.05, 0) is 29.8 Å². The molecular weight excluding hydrogens is 350 g/mol. The van der Waals surface area contributed by atoms with E-state index in [2.05, 4.69) is 9.50 Å². The first-order chi connectivity index (χ1) is 11.5. The van der Waals surface area contributed by atoms with E-state index in [1.165, 1.54) is 11.1 Å². The molecule has 0 aliphatic carbocycles. The highest BCUT2D eigenvalue weighted by atomic mass is 35.5. The molecule has 0 fully saturated rings. The predicted molar refractivity (Wildman–Crippen MR) is 93.0 cm³/mol. The van der Waals surface area contributed by atoms with Gasteiger partial charge in [0.05, 0.1) is 19.4 Å². The molecular formula is C16H14ClN3O3S. The summed E-state index contributed by atoms with van der Waals surface area (Å²) in [5.74, 6) is 0.199. The SMILES string of the molecule is O=S1(=O)N=C(N(CCO)/N=C/c2ccc(Cl)cc2)c2ccccc21. The molecule has 2 aromatic carbocycles. The van der Waals surface area contributed by atoms with Gasteiger partial charge in [-0.3, -0.25) is 0 Å². The second-order valence-electron chi connectivity index (χ2n) is 5.03. The first-order valence-electron chi connectivity index (χ1n) is 7.13. The molecule has 0 atom stereocenters. The minimum absolute atomic E-state index is 0.118. The third kappa shape index (κ3) is 3.33. The third-order valence-corrected chi connectivity index (χ3v) is 4.96. The Morgan fingerprint density at radius 2 is 1.88 bits per heavy atom. The lowest BCUT2D eigenvalue weighted by Gasteiger charge is -2.17. The molecule has 1 heterocycles. The van der Waals surface area contributed by atoms with Crippen LogP contribution in [0.5, 0.6) is 0 Å². The Hall–Kier alpha value is -2.22. The van der Waals surface area contributed by atoms with E-state index < -0.39 is 10.0 Å². The monoisotopic (exact) mass is 363 g/mol. The summed E-state index contributed by atoms with van der Waals surface area (Å²) >= 11 is 5.84. The maximum absolute atomic E-state index is 12.1. The molecule has 0 radical (unpaired) electrons. The van der Waals surface area contributed by atoms with Crippen LogP contribution in [0.1, 0.15) is 11.1 Å². The van der Waals surface area contributed by atoms with Crippen molar-refractivity contribution in [3.63, 3.8) is 0 Å². The van der Waals surface area contributed by atoms with Crippen LogP contribution in [-0.2, 0) is 10.0 Å². The van der Waals surface area contributed by atoms with Crippen molar-refractivity contribution in [3.05, 3.63) is 64.7 Å². The second-order valence-corrected chi connectivity index (χ2v) is 7.04. The Morgan fingerprint density at radius 1 is 1.17 bits per heavy atom. The average Bonchev–Trinajstić information content (AvgIpc) is 2.85. The summed E-state index contributed by atoms with van der Waals surface area (Å²) in [6.45, 7) is -0.0774. The fourth-order valence-electron chi connectivity index (χ4n) is 2.27. The first kappa shape index (κ1) is 16.6. The number of nitrogens with zero attached hydrogens (tertiary/aromatic N) is 3. The largest absolute Gasteiger partial charge is 0.394 e. The molecule has 0 saturated heterocycles. The molecule has 6 nitrogen and oxygen atoms in total. The molecule has 124 valence electrons. The molecule has 0 saturated carbocycles. The molecule has 1 N–H and O–H groups in total. The zero-order chi connectivity index (χ0) is 17.2. The Bertz CT molecular complexity index is 908. The number of sulfonamides is 1. The van der Waals surface area contributed by atoms with Crippen molar-refractivity contribution in [2.24, 2.45) is 9.50 Å². The molecule has 0 spiro atoms. The summed E-state index contributed by atoms with van der Waals surface area (Å²) in [6, 6.07) is 13.6. The summed E-state index contributed by atoms with van der Waals surface area (Å²) in [5, 5.41) is 15.5. The number of hydrogen-bond acceptors (Lipinski definition) is 5. The highest BCUT2D eigenvalue weighted by Gasteiger charge is 2.31. The number of rotatable bonds is 4. The Balaban J connectivity index is 1.96. The lowest BCUT2D eigenvalue weighted by molar-refractivity contribution is 0.254. The van der Waals surface area contributed by atoms with E-state index in [9.17, 15) is 13.5 Å². The average molecular weight is 364 g/mol. The van der Waals surface area contributed by atoms with Crippen molar-refractivity contribution in [1.29, 1.82) is 0 Å². The smallest absolute Gasteiger partial charge is 0.285 e. The van der Waals surface area contributed by atoms with E-state index in [4.69, 9.17) is 11.6 Å². The van der Waals surface area contributed by atoms with Crippen molar-refractivity contribution in [3.8, 4) is 0 Å². The van der Waals surface area contributed by atoms with Gasteiger partial charge in [-0.25, -0.2) is 5.01 Å². The molecule has 0 bridgehead atoms. The van der Waals surface area contributed by atoms with Crippen LogP contribution in [0.4, 0.5) is 0 Å². The number of halogens is 1. The molecule has 0 aromatic heterocycles. The van der Waals surface area contributed by atoms with E-state index >= 15 is 0 Å². The normalized spacial score (nSPS) is 15.3. The minimum atomic E-state index is -3.73. The van der Waals surface area contributed by atoms with Gasteiger partial charge < -0.3 is 5.11 Å². The number of aliphatic hydroxyl groups excluding tert-OH is 1. The lowest BCUT2D eigenvalue weighted by Crippen LogP contribution is -2.28. The summed E-state index contributed by atoms with van der Waals surface area (Å²) in [7, 11) is -3.73. The van der Waals surface area contributed by atoms with Crippen molar-refractivity contribution in [2.75, 3.05) is 13.2 Å². The zero-order valence-corrected chi connectivity index (χ0v) is 14.1. The van der Waals surface area contributed by atoms with Crippen molar-refractivity contribution in [1.82, 2.24) is 5.01 Å². The van der Waals surface area contributed by atoms with Gasteiger partial charge in [0.15, 0.2) is 5.84 Å². The number of hydrogen-bond donors (Lipinski definition) is 1. The maximum atomic E-state index is 12.1. The molecule has 8 heteroatoms. The van der Waals surface area contributed by atoms with Crippen LogP contribution >= 0.6 is 11.6 Å². The summed E-state index contributed by atoms with van der Waals surface area (Å²) in [4.78, 5) is 0.143. The van der Waals surface area contributed by atoms with Crippen molar-refractivity contribution >= 4 is 33.7 Å². The Labute approximate surface area is 144 Å². The molecule has 3 rings (SSSR count). The van der Waals surface area contributed by atoms with Gasteiger partial charge in [-0.2, -0.15) is 13.5 Å². The van der Waals surface area contributed by atoms with Gasteiger partial charge in [0.1, 0.15) is 4.90 Å². The number of amidine groups is 1. The quantitative estimate of drug-likeness (QED) is 0.666. The molecule has 1 aliphatic heterocycles. The molecule has 1 aliphatic rings. The van der Waals surface area contributed by atoms with Gasteiger partial charge in [-0.1, -0.05) is 35.9 Å². The van der Waals surface area contributed by atoms with Gasteiger partial charge in [0, 0.05) is 10.6 Å². The lowest BCUT2D eigenvalue weighted by atomic mass is 10.2. The van der Waals surface area contributed by atoms with Crippen molar-refractivity contribution < 1.29 is 13.5 Å². The highest BCUT2D eigenvalue weighted by molar-refractivity contribution is 7.90. The van der Waals surface area contributed by atoms with Crippen LogP contribution in [0.15, 0.2) is 62.9 Å². The van der Waals surface area contributed by atoms with Crippen LogP contribution in [0.25, 0.3) is 0 Å². The number of aliphatic hydroxyl groups is 1. The highest BCUT2D eigenvalue weighted by Crippen LogP contribution is 2.27. The Morgan fingerprint density at radius 3 is 2.58 bits per heavy atom. The maximum Gasteiger partial charge on any atom is 0.285 e. The molecule has 0 unspecified atom stereocenters. The summed E-state index contributed by atoms with van der Waals surface area (Å²) in [6.07, 6.45) is 1.56. The topological polar surface area (TPSA) is 82.3 Å². The predicted octanol–water partition coefficient (Wildman–Crippen LogP) is 2.12. The fourth-order valence-corrected chi connectivity index (χ4v) is 3.61. The fraction of sp³-hybridized carbons (Fsp3) is 0.125.